The molecule has 2 heterocycles. The number of nitrogens with zero attached hydrogens (tertiary/aromatic N) is 4. The predicted octanol–water partition coefficient (Wildman–Crippen LogP) is 12.0. The molecule has 0 N–H and O–H groups in total. The van der Waals surface area contributed by atoms with Gasteiger partial charge >= 0.3 is 0 Å². The Kier molecular flexibility index (Phi) is 7.45. The van der Waals surface area contributed by atoms with Crippen molar-refractivity contribution in [3.63, 3.8) is 0 Å². The lowest BCUT2D eigenvalue weighted by atomic mass is 10.1. The number of rotatable bonds is 7. The first-order valence-electron chi connectivity index (χ1n) is 16.8. The molecule has 0 spiro atoms. The standard InChI is InChI=1S/C46H32N4/c1-5-15-33(16-6-1)42-32-43(34-17-7-2-8-18-34)48-46(47-42)35-25-30-41-40-23-13-14-24-44(40)50(45(41)31-35)39-28-26-38(27-29-39)49(36-19-9-3-10-20-36)37-21-11-4-12-22-37/h1-32H. The van der Waals surface area contributed by atoms with Gasteiger partial charge < -0.3 is 9.47 Å². The molecule has 7 aromatic carbocycles. The monoisotopic (exact) mass is 640 g/mol. The molecule has 4 heteroatoms. The molecule has 9 aromatic rings. The van der Waals surface area contributed by atoms with E-state index in [-0.39, 0.29) is 0 Å². The minimum Gasteiger partial charge on any atom is -0.311 e. The number of aromatic nitrogens is 3. The second-order valence-electron chi connectivity index (χ2n) is 12.3. The summed E-state index contributed by atoms with van der Waals surface area (Å²) in [7, 11) is 0. The van der Waals surface area contributed by atoms with Crippen molar-refractivity contribution >= 4 is 38.9 Å². The summed E-state index contributed by atoms with van der Waals surface area (Å²) in [6.07, 6.45) is 0. The molecule has 0 saturated carbocycles. The summed E-state index contributed by atoms with van der Waals surface area (Å²) in [5.41, 5.74) is 11.5. The lowest BCUT2D eigenvalue weighted by molar-refractivity contribution is 1.16. The molecule has 236 valence electrons. The van der Waals surface area contributed by atoms with Crippen LogP contribution in [0.1, 0.15) is 0 Å². The molecular formula is C46H32N4. The second-order valence-corrected chi connectivity index (χ2v) is 12.3. The molecule has 0 fully saturated rings. The van der Waals surface area contributed by atoms with Gasteiger partial charge in [-0.15, -0.1) is 0 Å². The van der Waals surface area contributed by atoms with E-state index >= 15 is 0 Å². The number of fused-ring (bicyclic) bond motifs is 3. The van der Waals surface area contributed by atoms with E-state index in [4.69, 9.17) is 9.97 Å². The van der Waals surface area contributed by atoms with Gasteiger partial charge in [0.2, 0.25) is 0 Å². The zero-order valence-corrected chi connectivity index (χ0v) is 27.3. The Morgan fingerprint density at radius 1 is 0.360 bits per heavy atom. The van der Waals surface area contributed by atoms with Crippen molar-refractivity contribution in [2.24, 2.45) is 0 Å². The number of hydrogen-bond acceptors (Lipinski definition) is 3. The van der Waals surface area contributed by atoms with Crippen LogP contribution < -0.4 is 4.90 Å². The molecule has 0 aliphatic rings. The molecule has 0 unspecified atom stereocenters. The van der Waals surface area contributed by atoms with E-state index in [1.807, 2.05) is 36.4 Å². The zero-order chi connectivity index (χ0) is 33.3. The minimum atomic E-state index is 0.695. The zero-order valence-electron chi connectivity index (χ0n) is 27.3. The smallest absolute Gasteiger partial charge is 0.160 e. The van der Waals surface area contributed by atoms with Crippen LogP contribution >= 0.6 is 0 Å². The Morgan fingerprint density at radius 3 is 1.42 bits per heavy atom. The first-order chi connectivity index (χ1) is 24.8. The minimum absolute atomic E-state index is 0.695. The Hall–Kier alpha value is -6.78. The van der Waals surface area contributed by atoms with E-state index < -0.39 is 0 Å². The molecular weight excluding hydrogens is 609 g/mol. The van der Waals surface area contributed by atoms with E-state index in [1.165, 1.54) is 10.8 Å². The van der Waals surface area contributed by atoms with Crippen molar-refractivity contribution < 1.29 is 0 Å². The molecule has 0 atom stereocenters. The van der Waals surface area contributed by atoms with Crippen LogP contribution in [0.3, 0.4) is 0 Å². The highest BCUT2D eigenvalue weighted by Crippen LogP contribution is 2.38. The summed E-state index contributed by atoms with van der Waals surface area (Å²) in [6.45, 7) is 0. The molecule has 0 amide bonds. The van der Waals surface area contributed by atoms with Crippen molar-refractivity contribution in [3.8, 4) is 39.6 Å². The normalized spacial score (nSPS) is 11.2. The van der Waals surface area contributed by atoms with E-state index in [2.05, 4.69) is 167 Å². The van der Waals surface area contributed by atoms with Crippen molar-refractivity contribution in [3.05, 3.63) is 194 Å². The van der Waals surface area contributed by atoms with Crippen LogP contribution in [0.25, 0.3) is 61.4 Å². The van der Waals surface area contributed by atoms with Crippen LogP contribution in [0.15, 0.2) is 194 Å². The van der Waals surface area contributed by atoms with E-state index in [9.17, 15) is 0 Å². The summed E-state index contributed by atoms with van der Waals surface area (Å²) < 4.78 is 2.35. The Bertz CT molecular complexity index is 2460. The number of anilines is 3. The number of benzene rings is 7. The second kappa shape index (κ2) is 12.7. The third kappa shape index (κ3) is 5.39. The molecule has 0 radical (unpaired) electrons. The summed E-state index contributed by atoms with van der Waals surface area (Å²) >= 11 is 0. The van der Waals surface area contributed by atoms with Crippen LogP contribution in [-0.2, 0) is 0 Å². The van der Waals surface area contributed by atoms with Crippen molar-refractivity contribution in [1.29, 1.82) is 0 Å². The van der Waals surface area contributed by atoms with E-state index in [1.54, 1.807) is 0 Å². The van der Waals surface area contributed by atoms with E-state index in [0.29, 0.717) is 5.82 Å². The highest BCUT2D eigenvalue weighted by Gasteiger charge is 2.17. The first kappa shape index (κ1) is 29.4. The highest BCUT2D eigenvalue weighted by molar-refractivity contribution is 6.10. The van der Waals surface area contributed by atoms with Crippen LogP contribution in [0, 0.1) is 0 Å². The fourth-order valence-corrected chi connectivity index (χ4v) is 6.83. The van der Waals surface area contributed by atoms with Crippen molar-refractivity contribution in [2.45, 2.75) is 0 Å². The SMILES string of the molecule is c1ccc(-c2cc(-c3ccccc3)nc(-c3ccc4c5ccccc5n(-c5ccc(N(c6ccccc6)c6ccccc6)cc5)c4c3)n2)cc1. The number of hydrogen-bond donors (Lipinski definition) is 0. The van der Waals surface area contributed by atoms with Gasteiger partial charge in [-0.2, -0.15) is 0 Å². The van der Waals surface area contributed by atoms with Crippen LogP contribution in [0.2, 0.25) is 0 Å². The van der Waals surface area contributed by atoms with Gasteiger partial charge in [0.15, 0.2) is 5.82 Å². The first-order valence-corrected chi connectivity index (χ1v) is 16.8. The van der Waals surface area contributed by atoms with Gasteiger partial charge in [0.25, 0.3) is 0 Å². The highest BCUT2D eigenvalue weighted by atomic mass is 15.1. The third-order valence-electron chi connectivity index (χ3n) is 9.19. The van der Waals surface area contributed by atoms with Crippen molar-refractivity contribution in [2.75, 3.05) is 4.90 Å². The predicted molar refractivity (Wildman–Crippen MR) is 207 cm³/mol. The molecule has 0 aliphatic carbocycles. The van der Waals surface area contributed by atoms with Gasteiger partial charge in [-0.3, -0.25) is 0 Å². The van der Waals surface area contributed by atoms with Crippen LogP contribution in [0.4, 0.5) is 17.1 Å². The summed E-state index contributed by atoms with van der Waals surface area (Å²) in [4.78, 5) is 12.5. The van der Waals surface area contributed by atoms with Gasteiger partial charge in [0.05, 0.1) is 22.4 Å². The lowest BCUT2D eigenvalue weighted by Gasteiger charge is -2.25. The molecule has 0 aliphatic heterocycles. The fourth-order valence-electron chi connectivity index (χ4n) is 6.83. The molecule has 0 bridgehead atoms. The molecule has 9 rings (SSSR count). The molecule has 0 saturated heterocycles. The maximum Gasteiger partial charge on any atom is 0.160 e. The maximum absolute atomic E-state index is 5.13. The number of para-hydroxylation sites is 3. The van der Waals surface area contributed by atoms with Gasteiger partial charge in [-0.1, -0.05) is 127 Å². The van der Waals surface area contributed by atoms with Crippen molar-refractivity contribution in [1.82, 2.24) is 14.5 Å². The molecule has 4 nitrogen and oxygen atoms in total. The fraction of sp³-hybridized carbons (Fsp3) is 0. The van der Waals surface area contributed by atoms with Gasteiger partial charge in [-0.05, 0) is 66.7 Å². The average molecular weight is 641 g/mol. The van der Waals surface area contributed by atoms with E-state index in [0.717, 1.165) is 61.9 Å². The van der Waals surface area contributed by atoms with Gasteiger partial charge in [0.1, 0.15) is 0 Å². The Labute approximate surface area is 291 Å². The van der Waals surface area contributed by atoms with Gasteiger partial charge in [-0.25, -0.2) is 9.97 Å². The average Bonchev–Trinajstić information content (AvgIpc) is 3.53. The van der Waals surface area contributed by atoms with Crippen LogP contribution in [0.5, 0.6) is 0 Å². The molecule has 50 heavy (non-hydrogen) atoms. The molecule has 2 aromatic heterocycles. The lowest BCUT2D eigenvalue weighted by Crippen LogP contribution is -2.09. The van der Waals surface area contributed by atoms with Gasteiger partial charge in [0, 0.05) is 50.2 Å². The quantitative estimate of drug-likeness (QED) is 0.174. The Morgan fingerprint density at radius 2 is 0.840 bits per heavy atom. The summed E-state index contributed by atoms with van der Waals surface area (Å²) in [5, 5.41) is 2.39. The van der Waals surface area contributed by atoms with Crippen LogP contribution in [-0.4, -0.2) is 14.5 Å². The summed E-state index contributed by atoms with van der Waals surface area (Å²) in [5.74, 6) is 0.695. The maximum atomic E-state index is 5.13. The largest absolute Gasteiger partial charge is 0.311 e. The summed E-state index contributed by atoms with van der Waals surface area (Å²) in [6, 6.07) is 67.8. The topological polar surface area (TPSA) is 34.0 Å². The Balaban J connectivity index is 1.20. The third-order valence-corrected chi connectivity index (χ3v) is 9.19.